The third kappa shape index (κ3) is 4.56. The van der Waals surface area contributed by atoms with Crippen LogP contribution in [0.5, 0.6) is 17.2 Å². The van der Waals surface area contributed by atoms with E-state index in [1.54, 1.807) is 12.3 Å². The molecule has 0 aliphatic carbocycles. The molecule has 3 fully saturated rings. The largest absolute Gasteiger partial charge is 0.493 e. The van der Waals surface area contributed by atoms with Crippen molar-refractivity contribution < 1.29 is 22.6 Å². The molecule has 4 unspecified atom stereocenters. The van der Waals surface area contributed by atoms with E-state index in [1.807, 2.05) is 36.4 Å². The third-order valence-electron chi connectivity index (χ3n) is 7.80. The molecule has 8 nitrogen and oxygen atoms in total. The lowest BCUT2D eigenvalue weighted by Gasteiger charge is -2.51. The number of rotatable bonds is 9. The molecule has 0 spiro atoms. The molecule has 4 heterocycles. The fourth-order valence-corrected chi connectivity index (χ4v) is 7.39. The molecule has 3 aliphatic heterocycles. The van der Waals surface area contributed by atoms with Crippen LogP contribution in [0.1, 0.15) is 24.4 Å². The number of pyridine rings is 1. The first-order chi connectivity index (χ1) is 17.9. The smallest absolute Gasteiger partial charge is 0.245 e. The van der Waals surface area contributed by atoms with E-state index in [9.17, 15) is 8.42 Å². The number of benzene rings is 2. The van der Waals surface area contributed by atoms with Gasteiger partial charge in [0.15, 0.2) is 11.5 Å². The van der Waals surface area contributed by atoms with Gasteiger partial charge in [0.05, 0.1) is 32.9 Å². The fourth-order valence-electron chi connectivity index (χ4n) is 5.98. The second-order valence-corrected chi connectivity index (χ2v) is 11.3. The normalized spacial score (nSPS) is 24.0. The van der Waals surface area contributed by atoms with Crippen molar-refractivity contribution in [2.24, 2.45) is 11.8 Å². The maximum atomic E-state index is 14.0. The van der Waals surface area contributed by atoms with Gasteiger partial charge in [-0.15, -0.1) is 6.58 Å². The van der Waals surface area contributed by atoms with Gasteiger partial charge in [-0.05, 0) is 61.1 Å². The van der Waals surface area contributed by atoms with E-state index < -0.39 is 16.1 Å². The van der Waals surface area contributed by atoms with Crippen molar-refractivity contribution in [3.63, 3.8) is 0 Å². The van der Waals surface area contributed by atoms with E-state index in [0.29, 0.717) is 17.6 Å². The summed E-state index contributed by atoms with van der Waals surface area (Å²) in [4.78, 5) is 6.91. The molecule has 3 saturated heterocycles. The average molecular weight is 524 g/mol. The number of hydrogen-bond acceptors (Lipinski definition) is 7. The average Bonchev–Trinajstić information content (AvgIpc) is 2.94. The van der Waals surface area contributed by atoms with Gasteiger partial charge < -0.3 is 14.2 Å². The van der Waals surface area contributed by atoms with Gasteiger partial charge in [0.1, 0.15) is 4.90 Å². The summed E-state index contributed by atoms with van der Waals surface area (Å²) in [6.07, 6.45) is 5.76. The van der Waals surface area contributed by atoms with E-state index in [-0.39, 0.29) is 22.4 Å². The Labute approximate surface area is 218 Å². The molecule has 0 amide bonds. The highest BCUT2D eigenvalue weighted by Gasteiger charge is 2.44. The molecule has 1 N–H and O–H groups in total. The monoisotopic (exact) mass is 523 g/mol. The van der Waals surface area contributed by atoms with Crippen molar-refractivity contribution >= 4 is 20.9 Å². The van der Waals surface area contributed by atoms with E-state index in [1.165, 1.54) is 27.4 Å². The topological polar surface area (TPSA) is 90.0 Å². The Balaban J connectivity index is 1.62. The lowest BCUT2D eigenvalue weighted by atomic mass is 9.73. The Morgan fingerprint density at radius 3 is 2.54 bits per heavy atom. The first-order valence-electron chi connectivity index (χ1n) is 12.4. The molecule has 37 heavy (non-hydrogen) atoms. The zero-order valence-electron chi connectivity index (χ0n) is 21.4. The lowest BCUT2D eigenvalue weighted by Crippen LogP contribution is -2.57. The van der Waals surface area contributed by atoms with Gasteiger partial charge >= 0.3 is 0 Å². The van der Waals surface area contributed by atoms with Crippen LogP contribution in [0.25, 0.3) is 10.9 Å². The van der Waals surface area contributed by atoms with Crippen LogP contribution in [0, 0.1) is 11.8 Å². The van der Waals surface area contributed by atoms with Gasteiger partial charge in [0.2, 0.25) is 15.8 Å². The predicted molar refractivity (Wildman–Crippen MR) is 143 cm³/mol. The van der Waals surface area contributed by atoms with Crippen molar-refractivity contribution in [3.05, 3.63) is 66.9 Å². The van der Waals surface area contributed by atoms with Gasteiger partial charge in [-0.25, -0.2) is 13.1 Å². The Kier molecular flexibility index (Phi) is 7.11. The molecule has 6 rings (SSSR count). The predicted octanol–water partition coefficient (Wildman–Crippen LogP) is 4.18. The van der Waals surface area contributed by atoms with E-state index in [0.717, 1.165) is 42.4 Å². The molecule has 1 aromatic heterocycles. The minimum Gasteiger partial charge on any atom is -0.493 e. The quantitative estimate of drug-likeness (QED) is 0.421. The summed E-state index contributed by atoms with van der Waals surface area (Å²) in [5, 5.41) is 0.930. The summed E-state index contributed by atoms with van der Waals surface area (Å²) in [5.74, 6) is 1.62. The minimum absolute atomic E-state index is 0.00375. The number of aromatic nitrogens is 1. The van der Waals surface area contributed by atoms with Gasteiger partial charge in [0.25, 0.3) is 0 Å². The molecule has 196 valence electrons. The van der Waals surface area contributed by atoms with Crippen LogP contribution in [0.4, 0.5) is 0 Å². The van der Waals surface area contributed by atoms with Crippen LogP contribution in [-0.4, -0.2) is 58.8 Å². The Morgan fingerprint density at radius 2 is 1.86 bits per heavy atom. The molecule has 3 aliphatic rings. The molecular weight excluding hydrogens is 490 g/mol. The zero-order valence-corrected chi connectivity index (χ0v) is 22.2. The van der Waals surface area contributed by atoms with Gasteiger partial charge in [0, 0.05) is 24.2 Å². The fraction of sp³-hybridized carbons (Fsp3) is 0.393. The molecule has 2 bridgehead atoms. The maximum Gasteiger partial charge on any atom is 0.245 e. The summed E-state index contributed by atoms with van der Waals surface area (Å²) in [6.45, 7) is 5.84. The van der Waals surface area contributed by atoms with Crippen molar-refractivity contribution in [3.8, 4) is 17.2 Å². The summed E-state index contributed by atoms with van der Waals surface area (Å²) >= 11 is 0. The van der Waals surface area contributed by atoms with Crippen molar-refractivity contribution in [2.75, 3.05) is 34.4 Å². The van der Waals surface area contributed by atoms with Crippen LogP contribution >= 0.6 is 0 Å². The number of para-hydroxylation sites is 1. The molecule has 9 heteroatoms. The van der Waals surface area contributed by atoms with Crippen LogP contribution in [0.15, 0.2) is 66.2 Å². The number of methoxy groups -OCH3 is 3. The highest BCUT2D eigenvalue weighted by atomic mass is 32.2. The Morgan fingerprint density at radius 1 is 1.08 bits per heavy atom. The minimum atomic E-state index is -4.04. The second kappa shape index (κ2) is 10.3. The number of ether oxygens (including phenoxy) is 3. The Hall–Kier alpha value is -3.14. The third-order valence-corrected chi connectivity index (χ3v) is 9.26. The van der Waals surface area contributed by atoms with Crippen molar-refractivity contribution in [1.82, 2.24) is 14.6 Å². The standard InChI is InChI=1S/C28H33N3O5S/c1-5-18-17-31-15-13-19(18)16-23(31)26(21-12-14-29-22-9-7-6-8-20(21)22)30-37(32,33)25-11-10-24(34-2)27(35-3)28(25)36-4/h5-12,14,18-19,23,26,30H,1,13,15-17H2,2-4H3/t18?,19?,23?,26-/m1/s1. The molecular formula is C28H33N3O5S. The lowest BCUT2D eigenvalue weighted by molar-refractivity contribution is 0.00490. The number of nitrogens with zero attached hydrogens (tertiary/aromatic N) is 2. The van der Waals surface area contributed by atoms with Gasteiger partial charge in [-0.3, -0.25) is 9.88 Å². The molecule has 0 saturated carbocycles. The molecule has 3 aromatic rings. The molecule has 2 aromatic carbocycles. The van der Waals surface area contributed by atoms with E-state index >= 15 is 0 Å². The highest BCUT2D eigenvalue weighted by Crippen LogP contribution is 2.45. The number of piperidine rings is 3. The summed E-state index contributed by atoms with van der Waals surface area (Å²) in [6, 6.07) is 12.3. The van der Waals surface area contributed by atoms with Crippen LogP contribution < -0.4 is 18.9 Å². The van der Waals surface area contributed by atoms with Gasteiger partial charge in [-0.1, -0.05) is 24.3 Å². The SMILES string of the molecule is C=CC1CN2CCC1CC2[C@H](NS(=O)(=O)c1ccc(OC)c(OC)c1OC)c1ccnc2ccccc12. The zero-order chi connectivity index (χ0) is 26.2. The second-order valence-electron chi connectivity index (χ2n) is 9.60. The highest BCUT2D eigenvalue weighted by molar-refractivity contribution is 7.89. The first kappa shape index (κ1) is 25.5. The maximum absolute atomic E-state index is 14.0. The summed E-state index contributed by atoms with van der Waals surface area (Å²) in [5.41, 5.74) is 1.73. The van der Waals surface area contributed by atoms with Crippen LogP contribution in [0.3, 0.4) is 0 Å². The summed E-state index contributed by atoms with van der Waals surface area (Å²) in [7, 11) is 0.336. The summed E-state index contributed by atoms with van der Waals surface area (Å²) < 4.78 is 47.5. The van der Waals surface area contributed by atoms with Crippen molar-refractivity contribution in [2.45, 2.75) is 29.8 Å². The number of hydrogen-bond donors (Lipinski definition) is 1. The molecule has 5 atom stereocenters. The van der Waals surface area contributed by atoms with Crippen LogP contribution in [-0.2, 0) is 10.0 Å². The van der Waals surface area contributed by atoms with Crippen molar-refractivity contribution in [1.29, 1.82) is 0 Å². The van der Waals surface area contributed by atoms with E-state index in [2.05, 4.69) is 21.2 Å². The van der Waals surface area contributed by atoms with Gasteiger partial charge in [-0.2, -0.15) is 0 Å². The first-order valence-corrected chi connectivity index (χ1v) is 13.9. The van der Waals surface area contributed by atoms with E-state index in [4.69, 9.17) is 14.2 Å². The van der Waals surface area contributed by atoms with Crippen LogP contribution in [0.2, 0.25) is 0 Å². The number of sulfonamides is 1. The molecule has 0 radical (unpaired) electrons. The Bertz CT molecular complexity index is 1400. The number of fused-ring (bicyclic) bond motifs is 4. The number of nitrogens with one attached hydrogen (secondary N) is 1.